The summed E-state index contributed by atoms with van der Waals surface area (Å²) in [6.07, 6.45) is 0. The van der Waals surface area contributed by atoms with Gasteiger partial charge in [-0.05, 0) is 389 Å². The van der Waals surface area contributed by atoms with Crippen LogP contribution >= 0.6 is 0 Å². The summed E-state index contributed by atoms with van der Waals surface area (Å²) < 4.78 is 0. The fraction of sp³-hybridized carbons (Fsp3) is 0.0638. The van der Waals surface area contributed by atoms with Crippen LogP contribution in [-0.4, -0.2) is 0 Å². The molecule has 0 N–H and O–H groups in total. The molecule has 0 bridgehead atoms. The summed E-state index contributed by atoms with van der Waals surface area (Å²) in [5, 5.41) is 7.59. The van der Waals surface area contributed by atoms with Gasteiger partial charge in [-0.2, -0.15) is 0 Å². The number of rotatable bonds is 20. The third kappa shape index (κ3) is 19.6. The van der Waals surface area contributed by atoms with Crippen molar-refractivity contribution in [2.45, 2.75) is 62.3 Å². The molecule has 2 heteroatoms. The van der Waals surface area contributed by atoms with Crippen molar-refractivity contribution < 1.29 is 0 Å². The number of anilines is 6. The Hall–Kier alpha value is -17.6. The van der Waals surface area contributed by atoms with Gasteiger partial charge in [0.25, 0.3) is 0 Å². The molecule has 0 aromatic heterocycles. The summed E-state index contributed by atoms with van der Waals surface area (Å²) in [4.78, 5) is 4.76. The van der Waals surface area contributed by atoms with Crippen LogP contribution < -0.4 is 9.80 Å². The van der Waals surface area contributed by atoms with Gasteiger partial charge in [0.05, 0.1) is 0 Å². The molecular weight excluding hydrogens is 1720 g/mol. The van der Waals surface area contributed by atoms with Gasteiger partial charge in [0, 0.05) is 34.1 Å². The van der Waals surface area contributed by atoms with E-state index in [2.05, 4.69) is 576 Å². The molecule has 23 rings (SSSR count). The first-order chi connectivity index (χ1) is 69.9. The minimum atomic E-state index is 1.08. The lowest BCUT2D eigenvalue weighted by molar-refractivity contribution is 1.28. The maximum Gasteiger partial charge on any atom is 0.0462 e. The van der Waals surface area contributed by atoms with Gasteiger partial charge in [-0.25, -0.2) is 0 Å². The third-order valence-electron chi connectivity index (χ3n) is 28.5. The summed E-state index contributed by atoms with van der Waals surface area (Å²) in [6, 6.07) is 186. The molecule has 0 aliphatic heterocycles. The minimum absolute atomic E-state index is 1.08. The van der Waals surface area contributed by atoms with Crippen LogP contribution in [0, 0.1) is 62.3 Å². The molecule has 0 saturated heterocycles. The highest BCUT2D eigenvalue weighted by Gasteiger charge is 2.22. The number of hydrogen-bond donors (Lipinski definition) is 0. The molecule has 23 aromatic rings. The molecule has 0 fully saturated rings. The molecule has 0 aliphatic rings. The van der Waals surface area contributed by atoms with E-state index in [1.165, 1.54) is 238 Å². The molecule has 0 aliphatic carbocycles. The average Bonchev–Trinajstić information content (AvgIpc) is 0.788. The van der Waals surface area contributed by atoms with Crippen LogP contribution in [0.15, 0.2) is 504 Å². The van der Waals surface area contributed by atoms with Gasteiger partial charge in [-0.3, -0.25) is 0 Å². The summed E-state index contributed by atoms with van der Waals surface area (Å²) in [5.41, 5.74) is 51.6. The smallest absolute Gasteiger partial charge is 0.0462 e. The molecule has 143 heavy (non-hydrogen) atoms. The van der Waals surface area contributed by atoms with Gasteiger partial charge in [-0.15, -0.1) is 0 Å². The van der Waals surface area contributed by atoms with E-state index in [-0.39, 0.29) is 0 Å². The van der Waals surface area contributed by atoms with Crippen molar-refractivity contribution >= 4 is 66.4 Å². The van der Waals surface area contributed by atoms with Gasteiger partial charge in [0.2, 0.25) is 0 Å². The molecule has 0 saturated carbocycles. The molecule has 0 radical (unpaired) electrons. The lowest BCUT2D eigenvalue weighted by Crippen LogP contribution is -2.09. The number of nitrogens with zero attached hydrogens (tertiary/aromatic N) is 2. The quantitative estimate of drug-likeness (QED) is 0.0750. The SMILES string of the molecule is Cc1ccc(-c2ccc(-c3ccc(C)cc3)c(-c3ccc(N(c4ccc(-c5cccc(-c6ccccc6)c5)cc4)c4ccc(-c5cc(-c6ccc(C)cc6)ccc5-c5ccc(C)cc5)cc4)cc3)c2)cc1.Cc1ccc2cc(-c3cccc(-c4ccc(N(c5ccc(-c6cc(-c7ccc8cc(C)ccc8c7)ccc6C)cc5)c5ccc(-c6cc(-c7ccc8cc(C)ccc8c7)ccc6C)cc5)cc4)c3)ccc2c1. The molecule has 0 spiro atoms. The second-order valence-electron chi connectivity index (χ2n) is 38.7. The van der Waals surface area contributed by atoms with Crippen molar-refractivity contribution in [1.29, 1.82) is 0 Å². The van der Waals surface area contributed by atoms with E-state index < -0.39 is 0 Å². The molecule has 684 valence electrons. The van der Waals surface area contributed by atoms with Crippen molar-refractivity contribution in [3.63, 3.8) is 0 Å². The maximum absolute atomic E-state index is 2.38. The zero-order valence-corrected chi connectivity index (χ0v) is 82.3. The van der Waals surface area contributed by atoms with Crippen LogP contribution in [0.1, 0.15) is 50.1 Å². The zero-order valence-electron chi connectivity index (χ0n) is 82.3. The highest BCUT2D eigenvalue weighted by atomic mass is 15.1. The van der Waals surface area contributed by atoms with Gasteiger partial charge in [-0.1, -0.05) is 415 Å². The highest BCUT2D eigenvalue weighted by molar-refractivity contribution is 5.96. The van der Waals surface area contributed by atoms with E-state index in [9.17, 15) is 0 Å². The molecule has 0 unspecified atom stereocenters. The second-order valence-corrected chi connectivity index (χ2v) is 38.7. The van der Waals surface area contributed by atoms with Crippen LogP contribution in [0.4, 0.5) is 34.1 Å². The number of aryl methyl sites for hydroxylation is 9. The Kier molecular flexibility index (Phi) is 25.2. The molecule has 2 nitrogen and oxygen atoms in total. The largest absolute Gasteiger partial charge is 0.311 e. The Balaban J connectivity index is 0.000000164. The van der Waals surface area contributed by atoms with Crippen molar-refractivity contribution in [2.24, 2.45) is 0 Å². The second kappa shape index (κ2) is 39.7. The predicted molar refractivity (Wildman–Crippen MR) is 614 cm³/mol. The highest BCUT2D eigenvalue weighted by Crippen LogP contribution is 2.47. The van der Waals surface area contributed by atoms with E-state index in [4.69, 9.17) is 0 Å². The Morgan fingerprint density at radius 2 is 0.287 bits per heavy atom. The number of fused-ring (bicyclic) bond motifs is 3. The summed E-state index contributed by atoms with van der Waals surface area (Å²) in [6.45, 7) is 19.5. The molecular formula is C141H110N2. The van der Waals surface area contributed by atoms with Crippen molar-refractivity contribution in [1.82, 2.24) is 0 Å². The first kappa shape index (κ1) is 90.6. The lowest BCUT2D eigenvalue weighted by atomic mass is 9.90. The van der Waals surface area contributed by atoms with Crippen LogP contribution in [0.25, 0.3) is 188 Å². The van der Waals surface area contributed by atoms with Gasteiger partial charge < -0.3 is 9.80 Å². The first-order valence-corrected chi connectivity index (χ1v) is 49.7. The van der Waals surface area contributed by atoms with Crippen LogP contribution in [0.2, 0.25) is 0 Å². The molecule has 23 aromatic carbocycles. The maximum atomic E-state index is 2.38. The summed E-state index contributed by atoms with van der Waals surface area (Å²) in [7, 11) is 0. The predicted octanol–water partition coefficient (Wildman–Crippen LogP) is 39.9. The Morgan fingerprint density at radius 3 is 0.594 bits per heavy atom. The Bertz CT molecular complexity index is 8250. The number of benzene rings is 23. The fourth-order valence-corrected chi connectivity index (χ4v) is 20.3. The van der Waals surface area contributed by atoms with Crippen molar-refractivity contribution in [3.8, 4) is 156 Å². The number of hydrogen-bond acceptors (Lipinski definition) is 2. The monoisotopic (exact) mass is 1830 g/mol. The molecule has 0 atom stereocenters. The molecule has 0 heterocycles. The topological polar surface area (TPSA) is 6.48 Å². The van der Waals surface area contributed by atoms with E-state index in [1.54, 1.807) is 0 Å². The fourth-order valence-electron chi connectivity index (χ4n) is 20.3. The van der Waals surface area contributed by atoms with Gasteiger partial charge in [0.1, 0.15) is 0 Å². The lowest BCUT2D eigenvalue weighted by Gasteiger charge is -2.26. The van der Waals surface area contributed by atoms with E-state index in [0.29, 0.717) is 0 Å². The Labute approximate surface area is 841 Å². The van der Waals surface area contributed by atoms with Crippen LogP contribution in [0.5, 0.6) is 0 Å². The van der Waals surface area contributed by atoms with E-state index in [0.717, 1.165) is 34.1 Å². The first-order valence-electron chi connectivity index (χ1n) is 49.7. The van der Waals surface area contributed by atoms with Crippen LogP contribution in [0.3, 0.4) is 0 Å². The Morgan fingerprint density at radius 1 is 0.105 bits per heavy atom. The third-order valence-corrected chi connectivity index (χ3v) is 28.5. The average molecular weight is 1830 g/mol. The minimum Gasteiger partial charge on any atom is -0.311 e. The van der Waals surface area contributed by atoms with E-state index >= 15 is 0 Å². The zero-order chi connectivity index (χ0) is 97.1. The van der Waals surface area contributed by atoms with E-state index in [1.807, 2.05) is 0 Å². The standard InChI is InChI=1S/C71H55N.C70H55N/c1-46-9-14-59-41-62(22-19-56(59)37-46)55-8-6-7-54(40-55)51-25-31-67(32-26-51)72(68-33-27-52(28-34-68)70-44-65(17-12-49(70)4)63-23-20-57-38-47(2)10-15-60(57)42-63)69-35-29-53(30-36-69)71-45-66(18-13-50(71)5)64-24-21-58-39-48(3)11-16-61(58)43-64;1-48-13-21-53(22-14-48)62-35-43-67(56-25-17-50(3)18-26-56)69(46-62)58-31-39-65(40-32-58)71(64-37-29-55(30-38-64)61-12-8-11-60(45-61)52-9-6-5-7-10-52)66-41-33-59(34-42-66)70-47-63(54-23-15-49(2)16-24-54)36-44-68(70)57-27-19-51(4)20-28-57/h6-45H,1-5H3;5-47H,1-4H3. The van der Waals surface area contributed by atoms with Crippen molar-refractivity contribution in [3.05, 3.63) is 554 Å². The van der Waals surface area contributed by atoms with Gasteiger partial charge >= 0.3 is 0 Å². The summed E-state index contributed by atoms with van der Waals surface area (Å²) >= 11 is 0. The van der Waals surface area contributed by atoms with Gasteiger partial charge in [0.15, 0.2) is 0 Å². The normalized spacial score (nSPS) is 11.3. The summed E-state index contributed by atoms with van der Waals surface area (Å²) in [5.74, 6) is 0. The van der Waals surface area contributed by atoms with Crippen molar-refractivity contribution in [2.75, 3.05) is 9.80 Å². The van der Waals surface area contributed by atoms with Crippen LogP contribution in [-0.2, 0) is 0 Å². The molecule has 0 amide bonds.